The number of benzene rings is 2. The minimum Gasteiger partial charge on any atom is -0.497 e. The van der Waals surface area contributed by atoms with Gasteiger partial charge in [0.05, 0.1) is 12.0 Å². The topological polar surface area (TPSA) is 84.5 Å². The molecule has 2 N–H and O–H groups in total. The highest BCUT2D eigenvalue weighted by molar-refractivity contribution is 7.89. The van der Waals surface area contributed by atoms with Crippen molar-refractivity contribution >= 4 is 15.9 Å². The Bertz CT molecular complexity index is 831. The molecule has 0 aliphatic rings. The van der Waals surface area contributed by atoms with E-state index in [0.29, 0.717) is 18.5 Å². The summed E-state index contributed by atoms with van der Waals surface area (Å²) in [5, 5.41) is 2.81. The molecule has 0 saturated carbocycles. The van der Waals surface area contributed by atoms with Crippen molar-refractivity contribution in [3.05, 3.63) is 59.7 Å². The number of hydrogen-bond donors (Lipinski definition) is 2. The Balaban J connectivity index is 1.99. The van der Waals surface area contributed by atoms with E-state index >= 15 is 0 Å². The van der Waals surface area contributed by atoms with Crippen LogP contribution in [-0.2, 0) is 16.6 Å². The van der Waals surface area contributed by atoms with E-state index in [1.165, 1.54) is 24.3 Å². The average molecular weight is 376 g/mol. The number of amides is 1. The standard InChI is InChI=1S/C19H24N2O4S/c1-4-14(2)21-26(23,24)18-11-7-16(8-12-18)19(22)20-13-15-5-9-17(25-3)10-6-15/h5-12,14,21H,4,13H2,1-3H3,(H,20,22)/t14-/m1/s1. The predicted octanol–water partition coefficient (Wildman–Crippen LogP) is 2.70. The third-order valence-electron chi connectivity index (χ3n) is 4.01. The summed E-state index contributed by atoms with van der Waals surface area (Å²) < 4.78 is 32.1. The summed E-state index contributed by atoms with van der Waals surface area (Å²) in [4.78, 5) is 12.4. The Labute approximate surface area is 154 Å². The van der Waals surface area contributed by atoms with Gasteiger partial charge in [-0.05, 0) is 55.3 Å². The molecule has 1 atom stereocenters. The number of methoxy groups -OCH3 is 1. The summed E-state index contributed by atoms with van der Waals surface area (Å²) in [6.07, 6.45) is 0.699. The fourth-order valence-corrected chi connectivity index (χ4v) is 3.56. The fraction of sp³-hybridized carbons (Fsp3) is 0.316. The predicted molar refractivity (Wildman–Crippen MR) is 101 cm³/mol. The molecule has 0 saturated heterocycles. The molecular weight excluding hydrogens is 352 g/mol. The van der Waals surface area contributed by atoms with E-state index in [9.17, 15) is 13.2 Å². The molecule has 140 valence electrons. The van der Waals surface area contributed by atoms with Crippen LogP contribution in [-0.4, -0.2) is 27.5 Å². The minimum absolute atomic E-state index is 0.143. The van der Waals surface area contributed by atoms with E-state index < -0.39 is 10.0 Å². The number of carbonyl (C=O) groups is 1. The molecule has 0 spiro atoms. The Morgan fingerprint density at radius 2 is 1.69 bits per heavy atom. The molecule has 0 aliphatic heterocycles. The third kappa shape index (κ3) is 5.31. The molecule has 1 amide bonds. The highest BCUT2D eigenvalue weighted by Crippen LogP contribution is 2.13. The molecule has 2 rings (SSSR count). The first-order chi connectivity index (χ1) is 12.4. The van der Waals surface area contributed by atoms with Crippen molar-refractivity contribution in [1.82, 2.24) is 10.0 Å². The highest BCUT2D eigenvalue weighted by Gasteiger charge is 2.17. The first-order valence-corrected chi connectivity index (χ1v) is 9.87. The SMILES string of the molecule is CC[C@@H](C)NS(=O)(=O)c1ccc(C(=O)NCc2ccc(OC)cc2)cc1. The second-order valence-corrected chi connectivity index (χ2v) is 7.70. The van der Waals surface area contributed by atoms with E-state index in [4.69, 9.17) is 4.74 Å². The third-order valence-corrected chi connectivity index (χ3v) is 5.61. The first-order valence-electron chi connectivity index (χ1n) is 8.39. The second kappa shape index (κ2) is 8.82. The van der Waals surface area contributed by atoms with Crippen LogP contribution in [0.3, 0.4) is 0 Å². The van der Waals surface area contributed by atoms with Crippen molar-refractivity contribution in [2.75, 3.05) is 7.11 Å². The van der Waals surface area contributed by atoms with Crippen LogP contribution in [0.1, 0.15) is 36.2 Å². The molecule has 0 heterocycles. The van der Waals surface area contributed by atoms with Crippen molar-refractivity contribution in [2.24, 2.45) is 0 Å². The zero-order chi connectivity index (χ0) is 19.2. The smallest absolute Gasteiger partial charge is 0.251 e. The molecule has 6 nitrogen and oxygen atoms in total. The molecule has 7 heteroatoms. The van der Waals surface area contributed by atoms with Gasteiger partial charge < -0.3 is 10.1 Å². The van der Waals surface area contributed by atoms with Crippen LogP contribution in [0.2, 0.25) is 0 Å². The summed E-state index contributed by atoms with van der Waals surface area (Å²) in [5.74, 6) is 0.488. The second-order valence-electron chi connectivity index (χ2n) is 5.99. The zero-order valence-electron chi connectivity index (χ0n) is 15.2. The number of carbonyl (C=O) groups excluding carboxylic acids is 1. The Morgan fingerprint density at radius 3 is 2.23 bits per heavy atom. The fourth-order valence-electron chi connectivity index (χ4n) is 2.23. The van der Waals surface area contributed by atoms with Crippen LogP contribution in [0, 0.1) is 0 Å². The van der Waals surface area contributed by atoms with Gasteiger partial charge in [0.25, 0.3) is 5.91 Å². The van der Waals surface area contributed by atoms with Gasteiger partial charge in [-0.3, -0.25) is 4.79 Å². The minimum atomic E-state index is -3.57. The van der Waals surface area contributed by atoms with E-state index in [1.807, 2.05) is 31.2 Å². The van der Waals surface area contributed by atoms with Crippen LogP contribution in [0.4, 0.5) is 0 Å². The van der Waals surface area contributed by atoms with E-state index in [1.54, 1.807) is 14.0 Å². The van der Waals surface area contributed by atoms with Crippen LogP contribution in [0.5, 0.6) is 5.75 Å². The lowest BCUT2D eigenvalue weighted by Gasteiger charge is -2.12. The molecule has 26 heavy (non-hydrogen) atoms. The lowest BCUT2D eigenvalue weighted by molar-refractivity contribution is 0.0951. The molecule has 0 bridgehead atoms. The number of sulfonamides is 1. The van der Waals surface area contributed by atoms with Gasteiger partial charge in [-0.2, -0.15) is 0 Å². The molecule has 2 aromatic rings. The van der Waals surface area contributed by atoms with Gasteiger partial charge >= 0.3 is 0 Å². The summed E-state index contributed by atoms with van der Waals surface area (Å²) in [5.41, 5.74) is 1.34. The summed E-state index contributed by atoms with van der Waals surface area (Å²) in [6, 6.07) is 13.1. The van der Waals surface area contributed by atoms with Crippen molar-refractivity contribution in [3.63, 3.8) is 0 Å². The van der Waals surface area contributed by atoms with E-state index in [2.05, 4.69) is 10.0 Å². The lowest BCUT2D eigenvalue weighted by Crippen LogP contribution is -2.32. The number of hydrogen-bond acceptors (Lipinski definition) is 4. The zero-order valence-corrected chi connectivity index (χ0v) is 16.0. The van der Waals surface area contributed by atoms with Gasteiger partial charge in [-0.1, -0.05) is 19.1 Å². The number of ether oxygens (including phenoxy) is 1. The summed E-state index contributed by atoms with van der Waals surface area (Å²) in [6.45, 7) is 4.08. The van der Waals surface area contributed by atoms with Gasteiger partial charge in [0.1, 0.15) is 5.75 Å². The van der Waals surface area contributed by atoms with Crippen molar-refractivity contribution in [2.45, 2.75) is 37.8 Å². The Kier molecular flexibility index (Phi) is 6.76. The van der Waals surface area contributed by atoms with Gasteiger partial charge in [0.15, 0.2) is 0 Å². The maximum atomic E-state index is 12.2. The van der Waals surface area contributed by atoms with Gasteiger partial charge in [0.2, 0.25) is 10.0 Å². The average Bonchev–Trinajstić information content (AvgIpc) is 2.66. The van der Waals surface area contributed by atoms with Gasteiger partial charge in [0, 0.05) is 18.2 Å². The number of nitrogens with one attached hydrogen (secondary N) is 2. The normalized spacial score (nSPS) is 12.4. The Morgan fingerprint density at radius 1 is 1.08 bits per heavy atom. The monoisotopic (exact) mass is 376 g/mol. The molecule has 0 radical (unpaired) electrons. The van der Waals surface area contributed by atoms with Crippen LogP contribution in [0.15, 0.2) is 53.4 Å². The molecule has 0 unspecified atom stereocenters. The quantitative estimate of drug-likeness (QED) is 0.742. The van der Waals surface area contributed by atoms with Crippen LogP contribution >= 0.6 is 0 Å². The largest absolute Gasteiger partial charge is 0.497 e. The van der Waals surface area contributed by atoms with Crippen molar-refractivity contribution < 1.29 is 17.9 Å². The van der Waals surface area contributed by atoms with Crippen molar-refractivity contribution in [3.8, 4) is 5.75 Å². The number of rotatable bonds is 8. The maximum absolute atomic E-state index is 12.2. The van der Waals surface area contributed by atoms with Gasteiger partial charge in [-0.25, -0.2) is 13.1 Å². The van der Waals surface area contributed by atoms with Crippen molar-refractivity contribution in [1.29, 1.82) is 0 Å². The Hall–Kier alpha value is -2.38. The van der Waals surface area contributed by atoms with Crippen LogP contribution < -0.4 is 14.8 Å². The summed E-state index contributed by atoms with van der Waals surface area (Å²) >= 11 is 0. The molecule has 0 aromatic heterocycles. The van der Waals surface area contributed by atoms with E-state index in [0.717, 1.165) is 11.3 Å². The maximum Gasteiger partial charge on any atom is 0.251 e. The molecule has 2 aromatic carbocycles. The van der Waals surface area contributed by atoms with E-state index in [-0.39, 0.29) is 16.8 Å². The van der Waals surface area contributed by atoms with Gasteiger partial charge in [-0.15, -0.1) is 0 Å². The molecular formula is C19H24N2O4S. The summed E-state index contributed by atoms with van der Waals surface area (Å²) in [7, 11) is -1.97. The first kappa shape index (κ1) is 19.9. The molecule has 0 fully saturated rings. The molecule has 0 aliphatic carbocycles. The highest BCUT2D eigenvalue weighted by atomic mass is 32.2. The lowest BCUT2D eigenvalue weighted by atomic mass is 10.2. The van der Waals surface area contributed by atoms with Crippen LogP contribution in [0.25, 0.3) is 0 Å².